The lowest BCUT2D eigenvalue weighted by Gasteiger charge is -2.10. The zero-order valence-corrected chi connectivity index (χ0v) is 8.80. The largest absolute Gasteiger partial charge is 0.290 e. The monoisotopic (exact) mass is 210 g/mol. The SMILES string of the molecule is CN(C)NCCc1ncccc1[N+](=O)[O-]. The lowest BCUT2D eigenvalue weighted by atomic mass is 10.2. The highest BCUT2D eigenvalue weighted by molar-refractivity contribution is 5.34. The molecule has 1 N–H and O–H groups in total. The summed E-state index contributed by atoms with van der Waals surface area (Å²) in [4.78, 5) is 14.2. The minimum atomic E-state index is -0.405. The molecule has 6 heteroatoms. The molecule has 0 atom stereocenters. The third-order valence-electron chi connectivity index (χ3n) is 1.85. The molecule has 82 valence electrons. The molecule has 15 heavy (non-hydrogen) atoms. The van der Waals surface area contributed by atoms with Gasteiger partial charge in [0.05, 0.1) is 4.92 Å². The van der Waals surface area contributed by atoms with Crippen LogP contribution in [0.5, 0.6) is 0 Å². The van der Waals surface area contributed by atoms with Crippen LogP contribution in [-0.2, 0) is 6.42 Å². The molecule has 0 aliphatic rings. The van der Waals surface area contributed by atoms with Gasteiger partial charge in [0.15, 0.2) is 0 Å². The number of hydrazine groups is 1. The van der Waals surface area contributed by atoms with Crippen molar-refractivity contribution in [2.75, 3.05) is 20.6 Å². The summed E-state index contributed by atoms with van der Waals surface area (Å²) in [6.45, 7) is 0.630. The second-order valence-corrected chi connectivity index (χ2v) is 3.28. The van der Waals surface area contributed by atoms with Gasteiger partial charge in [0.1, 0.15) is 5.69 Å². The summed E-state index contributed by atoms with van der Waals surface area (Å²) < 4.78 is 0. The Morgan fingerprint density at radius 2 is 2.33 bits per heavy atom. The quantitative estimate of drug-likeness (QED) is 0.569. The Morgan fingerprint density at radius 3 is 2.93 bits per heavy atom. The highest BCUT2D eigenvalue weighted by Crippen LogP contribution is 2.14. The zero-order valence-electron chi connectivity index (χ0n) is 8.80. The van der Waals surface area contributed by atoms with Crippen LogP contribution in [0.3, 0.4) is 0 Å². The minimum absolute atomic E-state index is 0.0815. The van der Waals surface area contributed by atoms with E-state index in [4.69, 9.17) is 0 Å². The standard InChI is InChI=1S/C9H14N4O2/c1-12(2)11-7-5-8-9(13(14)15)4-3-6-10-8/h3-4,6,11H,5,7H2,1-2H3. The number of nitrogens with one attached hydrogen (secondary N) is 1. The van der Waals surface area contributed by atoms with Gasteiger partial charge in [-0.05, 0) is 6.07 Å². The first-order chi connectivity index (χ1) is 7.11. The smallest absolute Gasteiger partial charge is 0.258 e. The van der Waals surface area contributed by atoms with Crippen LogP contribution >= 0.6 is 0 Å². The fraction of sp³-hybridized carbons (Fsp3) is 0.444. The molecule has 1 aromatic rings. The van der Waals surface area contributed by atoms with Crippen molar-refractivity contribution in [3.8, 4) is 0 Å². The highest BCUT2D eigenvalue weighted by Gasteiger charge is 2.12. The summed E-state index contributed by atoms with van der Waals surface area (Å²) in [5, 5.41) is 12.5. The molecule has 1 rings (SSSR count). The summed E-state index contributed by atoms with van der Waals surface area (Å²) in [6.07, 6.45) is 2.10. The molecule has 1 aromatic heterocycles. The normalized spacial score (nSPS) is 10.6. The van der Waals surface area contributed by atoms with Gasteiger partial charge >= 0.3 is 0 Å². The summed E-state index contributed by atoms with van der Waals surface area (Å²) in [5.74, 6) is 0. The molecule has 0 amide bonds. The van der Waals surface area contributed by atoms with Crippen LogP contribution < -0.4 is 5.43 Å². The Kier molecular flexibility index (Phi) is 4.14. The van der Waals surface area contributed by atoms with E-state index in [0.717, 1.165) is 0 Å². The van der Waals surface area contributed by atoms with E-state index >= 15 is 0 Å². The molecule has 0 saturated heterocycles. The molecule has 0 aliphatic heterocycles. The van der Waals surface area contributed by atoms with Gasteiger partial charge in [-0.2, -0.15) is 0 Å². The van der Waals surface area contributed by atoms with E-state index in [1.165, 1.54) is 6.07 Å². The number of rotatable bonds is 5. The maximum Gasteiger partial charge on any atom is 0.290 e. The van der Waals surface area contributed by atoms with E-state index in [1.54, 1.807) is 17.3 Å². The average molecular weight is 210 g/mol. The number of nitro groups is 1. The van der Waals surface area contributed by atoms with Gasteiger partial charge in [0.25, 0.3) is 5.69 Å². The Balaban J connectivity index is 2.63. The molecule has 0 aromatic carbocycles. The van der Waals surface area contributed by atoms with Crippen LogP contribution in [0.15, 0.2) is 18.3 Å². The first-order valence-corrected chi connectivity index (χ1v) is 4.60. The van der Waals surface area contributed by atoms with Crippen molar-refractivity contribution < 1.29 is 4.92 Å². The van der Waals surface area contributed by atoms with Gasteiger partial charge in [-0.1, -0.05) is 0 Å². The molecule has 0 aliphatic carbocycles. The third-order valence-corrected chi connectivity index (χ3v) is 1.85. The molecule has 0 fully saturated rings. The van der Waals surface area contributed by atoms with E-state index < -0.39 is 4.92 Å². The van der Waals surface area contributed by atoms with Crippen LogP contribution in [0.25, 0.3) is 0 Å². The van der Waals surface area contributed by atoms with Gasteiger partial charge in [-0.15, -0.1) is 0 Å². The lowest BCUT2D eigenvalue weighted by Crippen LogP contribution is -2.32. The van der Waals surface area contributed by atoms with Gasteiger partial charge in [0.2, 0.25) is 0 Å². The van der Waals surface area contributed by atoms with Crippen LogP contribution in [-0.4, -0.2) is 35.6 Å². The predicted octanol–water partition coefficient (Wildman–Crippen LogP) is 0.598. The fourth-order valence-corrected chi connectivity index (χ4v) is 1.19. The molecular weight excluding hydrogens is 196 g/mol. The molecule has 0 unspecified atom stereocenters. The number of nitrogens with zero attached hydrogens (tertiary/aromatic N) is 3. The van der Waals surface area contributed by atoms with Gasteiger partial charge in [-0.3, -0.25) is 25.5 Å². The maximum absolute atomic E-state index is 10.7. The Hall–Kier alpha value is -1.53. The second kappa shape index (κ2) is 5.38. The third kappa shape index (κ3) is 3.61. The molecule has 0 bridgehead atoms. The first-order valence-electron chi connectivity index (χ1n) is 4.60. The van der Waals surface area contributed by atoms with E-state index in [2.05, 4.69) is 10.4 Å². The summed E-state index contributed by atoms with van der Waals surface area (Å²) in [7, 11) is 3.74. The minimum Gasteiger partial charge on any atom is -0.258 e. The van der Waals surface area contributed by atoms with Crippen molar-refractivity contribution in [3.05, 3.63) is 34.1 Å². The number of pyridine rings is 1. The van der Waals surface area contributed by atoms with Gasteiger partial charge < -0.3 is 0 Å². The van der Waals surface area contributed by atoms with Crippen molar-refractivity contribution in [1.82, 2.24) is 15.4 Å². The number of hydrogen-bond acceptors (Lipinski definition) is 5. The molecule has 0 saturated carbocycles. The van der Waals surface area contributed by atoms with Crippen LogP contribution in [0.4, 0.5) is 5.69 Å². The molecule has 0 radical (unpaired) electrons. The van der Waals surface area contributed by atoms with Crippen LogP contribution in [0, 0.1) is 10.1 Å². The maximum atomic E-state index is 10.7. The van der Waals surface area contributed by atoms with E-state index in [-0.39, 0.29) is 5.69 Å². The van der Waals surface area contributed by atoms with E-state index in [1.807, 2.05) is 14.1 Å². The fourth-order valence-electron chi connectivity index (χ4n) is 1.19. The van der Waals surface area contributed by atoms with E-state index in [9.17, 15) is 10.1 Å². The summed E-state index contributed by atoms with van der Waals surface area (Å²) >= 11 is 0. The number of aromatic nitrogens is 1. The zero-order chi connectivity index (χ0) is 11.3. The Bertz CT molecular complexity index is 341. The molecular formula is C9H14N4O2. The molecule has 0 spiro atoms. The van der Waals surface area contributed by atoms with Crippen molar-refractivity contribution >= 4 is 5.69 Å². The van der Waals surface area contributed by atoms with Gasteiger partial charge in [0, 0.05) is 39.3 Å². The molecule has 6 nitrogen and oxygen atoms in total. The van der Waals surface area contributed by atoms with Gasteiger partial charge in [-0.25, -0.2) is 0 Å². The summed E-state index contributed by atoms with van der Waals surface area (Å²) in [6, 6.07) is 3.04. The second-order valence-electron chi connectivity index (χ2n) is 3.28. The van der Waals surface area contributed by atoms with Crippen molar-refractivity contribution in [2.45, 2.75) is 6.42 Å². The molecule has 1 heterocycles. The lowest BCUT2D eigenvalue weighted by molar-refractivity contribution is -0.385. The predicted molar refractivity (Wildman–Crippen MR) is 56.3 cm³/mol. The van der Waals surface area contributed by atoms with Crippen LogP contribution in [0.1, 0.15) is 5.69 Å². The topological polar surface area (TPSA) is 71.3 Å². The number of hydrogen-bond donors (Lipinski definition) is 1. The first kappa shape index (κ1) is 11.5. The average Bonchev–Trinajstić information content (AvgIpc) is 2.17. The van der Waals surface area contributed by atoms with Crippen LogP contribution in [0.2, 0.25) is 0 Å². The van der Waals surface area contributed by atoms with E-state index in [0.29, 0.717) is 18.7 Å². The summed E-state index contributed by atoms with van der Waals surface area (Å²) in [5.41, 5.74) is 3.62. The highest BCUT2D eigenvalue weighted by atomic mass is 16.6. The Labute approximate surface area is 88.0 Å². The van der Waals surface area contributed by atoms with Crippen molar-refractivity contribution in [3.63, 3.8) is 0 Å². The van der Waals surface area contributed by atoms with Crippen molar-refractivity contribution in [1.29, 1.82) is 0 Å². The Morgan fingerprint density at radius 1 is 1.60 bits per heavy atom. The van der Waals surface area contributed by atoms with Crippen molar-refractivity contribution in [2.24, 2.45) is 0 Å².